The summed E-state index contributed by atoms with van der Waals surface area (Å²) in [7, 11) is 1.71. The molecule has 2 aromatic carbocycles. The van der Waals surface area contributed by atoms with E-state index in [1.54, 1.807) is 7.05 Å². The molecule has 0 saturated carbocycles. The molecular weight excluding hydrogens is 444 g/mol. The van der Waals surface area contributed by atoms with E-state index < -0.39 is 30.0 Å². The monoisotopic (exact) mass is 478 g/mol. The minimum Gasteiger partial charge on any atom is -0.480 e. The first kappa shape index (κ1) is 26.0. The predicted molar refractivity (Wildman–Crippen MR) is 136 cm³/mol. The number of carbonyl (C=O) groups is 3. The van der Waals surface area contributed by atoms with Crippen LogP contribution in [-0.2, 0) is 27.2 Å². The average Bonchev–Trinajstić information content (AvgIpc) is 3.28. The van der Waals surface area contributed by atoms with Crippen molar-refractivity contribution in [2.45, 2.75) is 51.2 Å². The van der Waals surface area contributed by atoms with Crippen LogP contribution in [0.1, 0.15) is 31.4 Å². The third-order valence-corrected chi connectivity index (χ3v) is 6.45. The molecular formula is C27H34N4O4. The van der Waals surface area contributed by atoms with Crippen LogP contribution in [0.4, 0.5) is 0 Å². The number of amides is 2. The molecule has 0 aliphatic rings. The maximum Gasteiger partial charge on any atom is 0.326 e. The van der Waals surface area contributed by atoms with Crippen LogP contribution in [0.3, 0.4) is 0 Å². The first-order chi connectivity index (χ1) is 16.8. The fourth-order valence-electron chi connectivity index (χ4n) is 4.11. The Hall–Kier alpha value is -3.65. The van der Waals surface area contributed by atoms with Crippen LogP contribution in [0.15, 0.2) is 60.8 Å². The van der Waals surface area contributed by atoms with Gasteiger partial charge in [-0.1, -0.05) is 68.8 Å². The summed E-state index contributed by atoms with van der Waals surface area (Å²) in [4.78, 5) is 41.4. The van der Waals surface area contributed by atoms with Crippen LogP contribution in [0, 0.1) is 5.92 Å². The molecule has 0 aliphatic carbocycles. The highest BCUT2D eigenvalue weighted by atomic mass is 16.4. The van der Waals surface area contributed by atoms with E-state index in [1.807, 2.05) is 74.6 Å². The highest BCUT2D eigenvalue weighted by molar-refractivity contribution is 5.92. The van der Waals surface area contributed by atoms with Crippen molar-refractivity contribution >= 4 is 28.7 Å². The Labute approximate surface area is 205 Å². The molecule has 1 heterocycles. The van der Waals surface area contributed by atoms with Gasteiger partial charge in [0.05, 0.1) is 6.04 Å². The molecule has 2 amide bonds. The maximum atomic E-state index is 13.2. The summed E-state index contributed by atoms with van der Waals surface area (Å²) in [5, 5.41) is 19.3. The van der Waals surface area contributed by atoms with E-state index in [4.69, 9.17) is 0 Å². The van der Waals surface area contributed by atoms with Crippen LogP contribution in [0.5, 0.6) is 0 Å². The molecule has 0 aliphatic heterocycles. The second-order valence-corrected chi connectivity index (χ2v) is 8.87. The molecule has 0 saturated heterocycles. The van der Waals surface area contributed by atoms with Crippen LogP contribution >= 0.6 is 0 Å². The SMILES string of the molecule is CC[C@H](C)[C@H](NC(=O)[C@H](Cc1c[nH]c2ccccc12)NC)C(=O)N[C@@H](Cc1ccccc1)C(=O)O. The maximum absolute atomic E-state index is 13.2. The van der Waals surface area contributed by atoms with Crippen molar-refractivity contribution in [3.63, 3.8) is 0 Å². The van der Waals surface area contributed by atoms with Gasteiger partial charge in [0.15, 0.2) is 0 Å². The molecule has 4 atom stereocenters. The van der Waals surface area contributed by atoms with Gasteiger partial charge < -0.3 is 26.0 Å². The topological polar surface area (TPSA) is 123 Å². The number of aromatic nitrogens is 1. The molecule has 0 bridgehead atoms. The number of carboxylic acids is 1. The second kappa shape index (κ2) is 12.2. The van der Waals surface area contributed by atoms with Crippen molar-refractivity contribution in [2.24, 2.45) is 5.92 Å². The first-order valence-electron chi connectivity index (χ1n) is 11.9. The lowest BCUT2D eigenvalue weighted by molar-refractivity contribution is -0.142. The number of carbonyl (C=O) groups excluding carboxylic acids is 2. The van der Waals surface area contributed by atoms with Crippen molar-refractivity contribution in [2.75, 3.05) is 7.05 Å². The standard InChI is InChI=1S/C27H34N4O4/c1-4-17(2)24(26(33)30-23(27(34)35)14-18-10-6-5-7-11-18)31-25(32)22(28-3)15-19-16-29-21-13-9-8-12-20(19)21/h5-13,16-17,22-24,28-29H,4,14-15H2,1-3H3,(H,30,33)(H,31,32)(H,34,35)/t17-,22-,23-,24-/m0/s1. The van der Waals surface area contributed by atoms with Gasteiger partial charge in [0.25, 0.3) is 0 Å². The number of hydrogen-bond acceptors (Lipinski definition) is 4. The fraction of sp³-hybridized carbons (Fsp3) is 0.370. The fourth-order valence-corrected chi connectivity index (χ4v) is 4.11. The number of carboxylic acid groups (broad SMARTS) is 1. The summed E-state index contributed by atoms with van der Waals surface area (Å²) in [6.07, 6.45) is 3.12. The van der Waals surface area contributed by atoms with E-state index in [1.165, 1.54) is 0 Å². The number of H-pyrrole nitrogens is 1. The normalized spacial score (nSPS) is 14.6. The molecule has 3 rings (SSSR count). The lowest BCUT2D eigenvalue weighted by Crippen LogP contribution is -2.57. The number of para-hydroxylation sites is 1. The third-order valence-electron chi connectivity index (χ3n) is 6.45. The quantitative estimate of drug-likeness (QED) is 0.274. The largest absolute Gasteiger partial charge is 0.480 e. The third kappa shape index (κ3) is 6.70. The molecule has 0 unspecified atom stereocenters. The molecule has 186 valence electrons. The van der Waals surface area contributed by atoms with Gasteiger partial charge in [-0.25, -0.2) is 4.79 Å². The van der Waals surface area contributed by atoms with Crippen molar-refractivity contribution in [3.8, 4) is 0 Å². The Morgan fingerprint density at radius 3 is 2.26 bits per heavy atom. The van der Waals surface area contributed by atoms with Crippen molar-refractivity contribution in [1.82, 2.24) is 20.9 Å². The number of benzene rings is 2. The van der Waals surface area contributed by atoms with E-state index in [2.05, 4.69) is 20.9 Å². The Balaban J connectivity index is 1.71. The lowest BCUT2D eigenvalue weighted by atomic mass is 9.96. The Bertz CT molecular complexity index is 1140. The average molecular weight is 479 g/mol. The summed E-state index contributed by atoms with van der Waals surface area (Å²) < 4.78 is 0. The van der Waals surface area contributed by atoms with Crippen LogP contribution in [0.25, 0.3) is 10.9 Å². The lowest BCUT2D eigenvalue weighted by Gasteiger charge is -2.27. The first-order valence-corrected chi connectivity index (χ1v) is 11.9. The molecule has 0 radical (unpaired) electrons. The van der Waals surface area contributed by atoms with E-state index in [0.29, 0.717) is 12.8 Å². The highest BCUT2D eigenvalue weighted by Gasteiger charge is 2.31. The molecule has 3 aromatic rings. The molecule has 8 heteroatoms. The molecule has 8 nitrogen and oxygen atoms in total. The molecule has 1 aromatic heterocycles. The predicted octanol–water partition coefficient (Wildman–Crippen LogP) is 2.64. The summed E-state index contributed by atoms with van der Waals surface area (Å²) in [6.45, 7) is 3.79. The van der Waals surface area contributed by atoms with Gasteiger partial charge in [-0.3, -0.25) is 9.59 Å². The van der Waals surface area contributed by atoms with E-state index in [-0.39, 0.29) is 18.2 Å². The van der Waals surface area contributed by atoms with E-state index in [0.717, 1.165) is 22.0 Å². The summed E-state index contributed by atoms with van der Waals surface area (Å²) in [6, 6.07) is 14.5. The highest BCUT2D eigenvalue weighted by Crippen LogP contribution is 2.19. The summed E-state index contributed by atoms with van der Waals surface area (Å²) in [5.41, 5.74) is 2.79. The number of aromatic amines is 1. The summed E-state index contributed by atoms with van der Waals surface area (Å²) >= 11 is 0. The molecule has 0 fully saturated rings. The van der Waals surface area contributed by atoms with E-state index in [9.17, 15) is 19.5 Å². The van der Waals surface area contributed by atoms with E-state index >= 15 is 0 Å². The number of hydrogen-bond donors (Lipinski definition) is 5. The number of likely N-dealkylation sites (N-methyl/N-ethyl adjacent to an activating group) is 1. The minimum atomic E-state index is -1.12. The number of fused-ring (bicyclic) bond motifs is 1. The van der Waals surface area contributed by atoms with Crippen LogP contribution < -0.4 is 16.0 Å². The van der Waals surface area contributed by atoms with Crippen LogP contribution in [0.2, 0.25) is 0 Å². The minimum absolute atomic E-state index is 0.156. The van der Waals surface area contributed by atoms with Gasteiger partial charge in [0, 0.05) is 23.5 Å². The number of rotatable bonds is 12. The zero-order valence-corrected chi connectivity index (χ0v) is 20.4. The smallest absolute Gasteiger partial charge is 0.326 e. The second-order valence-electron chi connectivity index (χ2n) is 8.87. The Morgan fingerprint density at radius 1 is 0.914 bits per heavy atom. The van der Waals surface area contributed by atoms with Crippen molar-refractivity contribution in [1.29, 1.82) is 0 Å². The number of nitrogens with one attached hydrogen (secondary N) is 4. The summed E-state index contributed by atoms with van der Waals surface area (Å²) in [5.74, 6) is -2.12. The number of aliphatic carboxylic acids is 1. The zero-order valence-electron chi connectivity index (χ0n) is 20.4. The van der Waals surface area contributed by atoms with Gasteiger partial charge in [0.2, 0.25) is 11.8 Å². The van der Waals surface area contributed by atoms with Gasteiger partial charge in [-0.05, 0) is 36.6 Å². The Kier molecular flexibility index (Phi) is 9.03. The zero-order chi connectivity index (χ0) is 25.4. The van der Waals surface area contributed by atoms with Gasteiger partial charge in [-0.15, -0.1) is 0 Å². The molecule has 0 spiro atoms. The van der Waals surface area contributed by atoms with Gasteiger partial charge in [0.1, 0.15) is 12.1 Å². The van der Waals surface area contributed by atoms with Gasteiger partial charge >= 0.3 is 5.97 Å². The molecule has 35 heavy (non-hydrogen) atoms. The van der Waals surface area contributed by atoms with Crippen LogP contribution in [-0.4, -0.2) is 53.0 Å². The van der Waals surface area contributed by atoms with Gasteiger partial charge in [-0.2, -0.15) is 0 Å². The van der Waals surface area contributed by atoms with Crippen molar-refractivity contribution < 1.29 is 19.5 Å². The molecule has 5 N–H and O–H groups in total. The Morgan fingerprint density at radius 2 is 1.60 bits per heavy atom. The van der Waals surface area contributed by atoms with Crippen molar-refractivity contribution in [3.05, 3.63) is 71.9 Å².